The van der Waals surface area contributed by atoms with Gasteiger partial charge in [-0.3, -0.25) is 4.79 Å². The van der Waals surface area contributed by atoms with Crippen molar-refractivity contribution in [3.63, 3.8) is 0 Å². The zero-order valence-electron chi connectivity index (χ0n) is 11.0. The maximum atomic E-state index is 11.0. The largest absolute Gasteiger partial charge is 0.475 e. The first-order chi connectivity index (χ1) is 7.77. The predicted octanol–water partition coefficient (Wildman–Crippen LogP) is 0.883. The minimum Gasteiger partial charge on any atom is -0.475 e. The third-order valence-corrected chi connectivity index (χ3v) is 1.13. The van der Waals surface area contributed by atoms with Crippen LogP contribution in [0.25, 0.3) is 0 Å². The Labute approximate surface area is 76.7 Å². The number of ketones is 1. The summed E-state index contributed by atoms with van der Waals surface area (Å²) in [7, 11) is 0. The maximum absolute atomic E-state index is 11.0. The van der Waals surface area contributed by atoms with Crippen molar-refractivity contribution in [1.29, 1.82) is 0 Å². The van der Waals surface area contributed by atoms with Crippen molar-refractivity contribution in [3.8, 4) is 0 Å². The molecule has 0 heterocycles. The molecular weight excluding hydrogens is 156 g/mol. The monoisotopic (exact) mass is 169 g/mol. The molecule has 62 valence electrons. The molecule has 1 aromatic carbocycles. The summed E-state index contributed by atoms with van der Waals surface area (Å²) in [5.74, 6) is -2.92. The Balaban J connectivity index is 3.35. The molecular formula is C9H8O3. The molecule has 1 aromatic rings. The Morgan fingerprint density at radius 3 is 2.42 bits per heavy atom. The number of carbonyl (C=O) groups is 2. The molecule has 0 aliphatic rings. The molecule has 3 nitrogen and oxygen atoms in total. The van der Waals surface area contributed by atoms with E-state index in [1.165, 1.54) is 0 Å². The molecule has 0 bridgehead atoms. The van der Waals surface area contributed by atoms with E-state index in [1.54, 1.807) is 0 Å². The Hall–Kier alpha value is -1.64. The lowest BCUT2D eigenvalue weighted by atomic mass is 10.1. The number of Topliss-reactive ketones (excluding diaryl/α,β-unsaturated/α-hetero) is 1. The molecule has 0 aromatic heterocycles. The second-order valence-electron chi connectivity index (χ2n) is 2.01. The van der Waals surface area contributed by atoms with Gasteiger partial charge >= 0.3 is 5.97 Å². The predicted molar refractivity (Wildman–Crippen MR) is 42.8 cm³/mol. The standard InChI is InChI=1S/C9H8O3/c10-8(9(11)12)6-7-4-2-1-3-5-7/h1-5H,6H2,(H,11,12)/i1D,2D,3D,4D,5D. The number of benzene rings is 1. The number of carboxylic acid groups (broad SMARTS) is 1. The van der Waals surface area contributed by atoms with Crippen LogP contribution in [0.5, 0.6) is 0 Å². The zero-order valence-corrected chi connectivity index (χ0v) is 5.97. The SMILES string of the molecule is [2H]c1c([2H])c([2H])c(CC(=O)C(=O)O)c([2H])c1[2H]. The van der Waals surface area contributed by atoms with Crippen LogP contribution in [-0.2, 0) is 16.0 Å². The van der Waals surface area contributed by atoms with E-state index < -0.39 is 48.4 Å². The summed E-state index contributed by atoms with van der Waals surface area (Å²) >= 11 is 0. The van der Waals surface area contributed by atoms with Crippen LogP contribution in [0.15, 0.2) is 30.2 Å². The second kappa shape index (κ2) is 3.67. The number of hydrogen-bond donors (Lipinski definition) is 1. The Kier molecular flexibility index (Phi) is 1.17. The molecule has 3 heteroatoms. The maximum Gasteiger partial charge on any atom is 0.372 e. The molecule has 0 radical (unpaired) electrons. The van der Waals surface area contributed by atoms with Gasteiger partial charge in [-0.15, -0.1) is 0 Å². The fourth-order valence-corrected chi connectivity index (χ4v) is 0.600. The first-order valence-corrected chi connectivity index (χ1v) is 3.09. The zero-order chi connectivity index (χ0) is 13.3. The van der Waals surface area contributed by atoms with Crippen LogP contribution in [0.1, 0.15) is 12.4 Å². The van der Waals surface area contributed by atoms with E-state index in [0.717, 1.165) is 0 Å². The van der Waals surface area contributed by atoms with Crippen molar-refractivity contribution in [3.05, 3.63) is 35.8 Å². The number of rotatable bonds is 3. The quantitative estimate of drug-likeness (QED) is 0.683. The molecule has 0 aliphatic carbocycles. The highest BCUT2D eigenvalue weighted by atomic mass is 16.4. The van der Waals surface area contributed by atoms with Gasteiger partial charge in [-0.2, -0.15) is 0 Å². The summed E-state index contributed by atoms with van der Waals surface area (Å²) in [4.78, 5) is 21.3. The van der Waals surface area contributed by atoms with Gasteiger partial charge in [0.25, 0.3) is 0 Å². The van der Waals surface area contributed by atoms with Crippen LogP contribution in [-0.4, -0.2) is 16.9 Å². The number of carboxylic acids is 1. The lowest BCUT2D eigenvalue weighted by Crippen LogP contribution is -2.14. The van der Waals surface area contributed by atoms with Crippen molar-refractivity contribution in [1.82, 2.24) is 0 Å². The van der Waals surface area contributed by atoms with Gasteiger partial charge in [0.2, 0.25) is 5.78 Å². The second-order valence-corrected chi connectivity index (χ2v) is 2.01. The van der Waals surface area contributed by atoms with Gasteiger partial charge in [0.05, 0.1) is 6.85 Å². The molecule has 0 aliphatic heterocycles. The van der Waals surface area contributed by atoms with Gasteiger partial charge in [-0.25, -0.2) is 4.79 Å². The van der Waals surface area contributed by atoms with Crippen molar-refractivity contribution >= 4 is 11.8 Å². The van der Waals surface area contributed by atoms with Gasteiger partial charge in [-0.1, -0.05) is 30.2 Å². The Bertz CT molecular complexity index is 483. The van der Waals surface area contributed by atoms with E-state index in [9.17, 15) is 9.59 Å². The lowest BCUT2D eigenvalue weighted by molar-refractivity contribution is -0.148. The van der Waals surface area contributed by atoms with Crippen molar-refractivity contribution in [2.45, 2.75) is 6.42 Å². The first-order valence-electron chi connectivity index (χ1n) is 5.59. The molecule has 0 atom stereocenters. The molecule has 0 fully saturated rings. The molecule has 1 N–H and O–H groups in total. The van der Waals surface area contributed by atoms with Crippen molar-refractivity contribution in [2.24, 2.45) is 0 Å². The van der Waals surface area contributed by atoms with Crippen LogP contribution in [0.4, 0.5) is 0 Å². The molecule has 0 amide bonds. The Morgan fingerprint density at radius 1 is 1.33 bits per heavy atom. The van der Waals surface area contributed by atoms with E-state index >= 15 is 0 Å². The smallest absolute Gasteiger partial charge is 0.372 e. The average Bonchev–Trinajstić information content (AvgIpc) is 2.29. The Morgan fingerprint density at radius 2 is 1.92 bits per heavy atom. The van der Waals surface area contributed by atoms with E-state index in [-0.39, 0.29) is 5.56 Å². The summed E-state index contributed by atoms with van der Waals surface area (Å²) < 4.78 is 36.9. The van der Waals surface area contributed by atoms with Crippen LogP contribution >= 0.6 is 0 Å². The van der Waals surface area contributed by atoms with E-state index in [4.69, 9.17) is 12.0 Å². The van der Waals surface area contributed by atoms with Crippen LogP contribution < -0.4 is 0 Å². The third-order valence-electron chi connectivity index (χ3n) is 1.13. The van der Waals surface area contributed by atoms with Gasteiger partial charge in [0, 0.05) is 6.42 Å². The third kappa shape index (κ3) is 2.20. The van der Waals surface area contributed by atoms with Crippen LogP contribution in [0.2, 0.25) is 0 Å². The van der Waals surface area contributed by atoms with Gasteiger partial charge in [-0.05, 0) is 5.56 Å². The fraction of sp³-hybridized carbons (Fsp3) is 0.111. The first kappa shape index (κ1) is 3.85. The summed E-state index contributed by atoms with van der Waals surface area (Å²) in [6.07, 6.45) is -0.717. The molecule has 0 unspecified atom stereocenters. The van der Waals surface area contributed by atoms with E-state index in [2.05, 4.69) is 0 Å². The number of aliphatic carboxylic acids is 1. The minimum atomic E-state index is -1.70. The van der Waals surface area contributed by atoms with Crippen molar-refractivity contribution in [2.75, 3.05) is 0 Å². The summed E-state index contributed by atoms with van der Waals surface area (Å²) in [6.45, 7) is 0. The fourth-order valence-electron chi connectivity index (χ4n) is 0.600. The molecule has 1 rings (SSSR count). The minimum absolute atomic E-state index is 0.302. The lowest BCUT2D eigenvalue weighted by Gasteiger charge is -1.94. The highest BCUT2D eigenvalue weighted by Crippen LogP contribution is 1.99. The van der Waals surface area contributed by atoms with Gasteiger partial charge in [0.1, 0.15) is 0 Å². The van der Waals surface area contributed by atoms with Crippen LogP contribution in [0.3, 0.4) is 0 Å². The molecule has 0 saturated carbocycles. The molecule has 0 saturated heterocycles. The summed E-state index contributed by atoms with van der Waals surface area (Å²) in [6, 6.07) is -2.85. The van der Waals surface area contributed by atoms with Crippen LogP contribution in [0, 0.1) is 0 Å². The highest BCUT2D eigenvalue weighted by molar-refractivity contribution is 6.33. The number of carbonyl (C=O) groups excluding carboxylic acids is 1. The average molecular weight is 169 g/mol. The molecule has 12 heavy (non-hydrogen) atoms. The topological polar surface area (TPSA) is 54.4 Å². The van der Waals surface area contributed by atoms with E-state index in [0.29, 0.717) is 0 Å². The number of hydrogen-bond acceptors (Lipinski definition) is 2. The van der Waals surface area contributed by atoms with Gasteiger partial charge < -0.3 is 5.11 Å². The van der Waals surface area contributed by atoms with Gasteiger partial charge in [0.15, 0.2) is 0 Å². The summed E-state index contributed by atoms with van der Waals surface area (Å²) in [5, 5.41) is 8.42. The summed E-state index contributed by atoms with van der Waals surface area (Å²) in [5.41, 5.74) is -0.302. The van der Waals surface area contributed by atoms with Crippen molar-refractivity contribution < 1.29 is 21.5 Å². The van der Waals surface area contributed by atoms with E-state index in [1.807, 2.05) is 0 Å². The molecule has 0 spiro atoms. The highest BCUT2D eigenvalue weighted by Gasteiger charge is 2.10. The normalized spacial score (nSPS) is 15.2.